The second-order valence-electron chi connectivity index (χ2n) is 3.82. The second kappa shape index (κ2) is 5.55. The SMILES string of the molecule is Fc1cccc(CNCc2ccccc2F)c1. The summed E-state index contributed by atoms with van der Waals surface area (Å²) in [5.41, 5.74) is 1.46. The zero-order valence-electron chi connectivity index (χ0n) is 9.29. The van der Waals surface area contributed by atoms with Crippen LogP contribution in [0.15, 0.2) is 48.5 Å². The summed E-state index contributed by atoms with van der Waals surface area (Å²) in [5.74, 6) is -0.477. The van der Waals surface area contributed by atoms with Crippen LogP contribution in [0.5, 0.6) is 0 Å². The van der Waals surface area contributed by atoms with Crippen LogP contribution >= 0.6 is 0 Å². The van der Waals surface area contributed by atoms with Gasteiger partial charge >= 0.3 is 0 Å². The van der Waals surface area contributed by atoms with Crippen molar-refractivity contribution >= 4 is 0 Å². The molecule has 0 aliphatic heterocycles. The summed E-state index contributed by atoms with van der Waals surface area (Å²) in [6, 6.07) is 13.0. The fraction of sp³-hybridized carbons (Fsp3) is 0.143. The third-order valence-electron chi connectivity index (χ3n) is 2.49. The zero-order valence-corrected chi connectivity index (χ0v) is 9.29. The molecule has 0 heterocycles. The first-order valence-corrected chi connectivity index (χ1v) is 5.44. The number of halogens is 2. The van der Waals surface area contributed by atoms with Crippen LogP contribution in [-0.4, -0.2) is 0 Å². The number of rotatable bonds is 4. The molecule has 0 saturated heterocycles. The van der Waals surface area contributed by atoms with Crippen molar-refractivity contribution in [1.82, 2.24) is 5.32 Å². The van der Waals surface area contributed by atoms with Crippen molar-refractivity contribution in [2.24, 2.45) is 0 Å². The normalized spacial score (nSPS) is 10.5. The summed E-state index contributed by atoms with van der Waals surface area (Å²) in [7, 11) is 0. The maximum absolute atomic E-state index is 13.3. The molecule has 88 valence electrons. The lowest BCUT2D eigenvalue weighted by molar-refractivity contribution is 0.585. The minimum Gasteiger partial charge on any atom is -0.309 e. The summed E-state index contributed by atoms with van der Waals surface area (Å²) >= 11 is 0. The maximum Gasteiger partial charge on any atom is 0.127 e. The van der Waals surface area contributed by atoms with Crippen LogP contribution in [0.1, 0.15) is 11.1 Å². The summed E-state index contributed by atoms with van der Waals surface area (Å²) in [4.78, 5) is 0. The van der Waals surface area contributed by atoms with E-state index in [1.165, 1.54) is 18.2 Å². The van der Waals surface area contributed by atoms with Gasteiger partial charge in [-0.1, -0.05) is 30.3 Å². The van der Waals surface area contributed by atoms with Gasteiger partial charge in [0.05, 0.1) is 0 Å². The van der Waals surface area contributed by atoms with E-state index in [0.29, 0.717) is 18.7 Å². The van der Waals surface area contributed by atoms with Gasteiger partial charge in [-0.15, -0.1) is 0 Å². The van der Waals surface area contributed by atoms with Crippen molar-refractivity contribution in [2.45, 2.75) is 13.1 Å². The zero-order chi connectivity index (χ0) is 12.1. The summed E-state index contributed by atoms with van der Waals surface area (Å²) in [6.45, 7) is 0.954. The molecule has 3 heteroatoms. The molecule has 2 rings (SSSR count). The van der Waals surface area contributed by atoms with Crippen LogP contribution in [0.4, 0.5) is 8.78 Å². The fourth-order valence-electron chi connectivity index (χ4n) is 1.63. The standard InChI is InChI=1S/C14H13F2N/c15-13-6-3-4-11(8-13)9-17-10-12-5-1-2-7-14(12)16/h1-8,17H,9-10H2. The van der Waals surface area contributed by atoms with Crippen LogP contribution < -0.4 is 5.32 Å². The quantitative estimate of drug-likeness (QED) is 0.854. The average molecular weight is 233 g/mol. The lowest BCUT2D eigenvalue weighted by Crippen LogP contribution is -2.13. The first-order valence-electron chi connectivity index (χ1n) is 5.44. The number of hydrogen-bond acceptors (Lipinski definition) is 1. The molecule has 0 saturated carbocycles. The summed E-state index contributed by atoms with van der Waals surface area (Å²) < 4.78 is 26.2. The Morgan fingerprint density at radius 1 is 0.882 bits per heavy atom. The Morgan fingerprint density at radius 2 is 1.71 bits per heavy atom. The van der Waals surface area contributed by atoms with Crippen molar-refractivity contribution in [3.8, 4) is 0 Å². The van der Waals surface area contributed by atoms with Gasteiger partial charge in [-0.3, -0.25) is 0 Å². The van der Waals surface area contributed by atoms with E-state index in [9.17, 15) is 8.78 Å². The largest absolute Gasteiger partial charge is 0.309 e. The Balaban J connectivity index is 1.90. The van der Waals surface area contributed by atoms with E-state index in [-0.39, 0.29) is 11.6 Å². The first kappa shape index (κ1) is 11.7. The highest BCUT2D eigenvalue weighted by Crippen LogP contribution is 2.07. The molecule has 0 spiro atoms. The van der Waals surface area contributed by atoms with E-state index in [0.717, 1.165) is 5.56 Å². The molecule has 0 fully saturated rings. The molecule has 0 aliphatic carbocycles. The lowest BCUT2D eigenvalue weighted by atomic mass is 10.2. The molecule has 0 aromatic heterocycles. The smallest absolute Gasteiger partial charge is 0.127 e. The van der Waals surface area contributed by atoms with Crippen molar-refractivity contribution in [1.29, 1.82) is 0 Å². The van der Waals surface area contributed by atoms with E-state index in [4.69, 9.17) is 0 Å². The minimum absolute atomic E-state index is 0.223. The number of hydrogen-bond donors (Lipinski definition) is 1. The summed E-state index contributed by atoms with van der Waals surface area (Å²) in [5, 5.41) is 3.08. The molecule has 0 unspecified atom stereocenters. The Bertz CT molecular complexity index is 497. The fourth-order valence-corrected chi connectivity index (χ4v) is 1.63. The Labute approximate surface area is 99.1 Å². The van der Waals surface area contributed by atoms with Gasteiger partial charge in [-0.2, -0.15) is 0 Å². The van der Waals surface area contributed by atoms with Gasteiger partial charge in [-0.05, 0) is 23.8 Å². The molecule has 17 heavy (non-hydrogen) atoms. The van der Waals surface area contributed by atoms with Gasteiger partial charge in [0.1, 0.15) is 11.6 Å². The van der Waals surface area contributed by atoms with Gasteiger partial charge in [0.2, 0.25) is 0 Å². The van der Waals surface area contributed by atoms with Crippen LogP contribution in [0, 0.1) is 11.6 Å². The van der Waals surface area contributed by atoms with E-state index < -0.39 is 0 Å². The molecule has 0 atom stereocenters. The van der Waals surface area contributed by atoms with Crippen LogP contribution in [0.2, 0.25) is 0 Å². The summed E-state index contributed by atoms with van der Waals surface area (Å²) in [6.07, 6.45) is 0. The van der Waals surface area contributed by atoms with Crippen molar-refractivity contribution in [3.05, 3.63) is 71.3 Å². The van der Waals surface area contributed by atoms with Crippen molar-refractivity contribution in [3.63, 3.8) is 0 Å². The number of nitrogens with one attached hydrogen (secondary N) is 1. The molecule has 0 radical (unpaired) electrons. The molecule has 2 aromatic rings. The molecule has 1 N–H and O–H groups in total. The Hall–Kier alpha value is -1.74. The van der Waals surface area contributed by atoms with Crippen LogP contribution in [0.3, 0.4) is 0 Å². The van der Waals surface area contributed by atoms with Crippen LogP contribution in [0.25, 0.3) is 0 Å². The highest BCUT2D eigenvalue weighted by molar-refractivity contribution is 5.18. The van der Waals surface area contributed by atoms with E-state index in [1.54, 1.807) is 24.3 Å². The van der Waals surface area contributed by atoms with Gasteiger partial charge in [0, 0.05) is 18.7 Å². The molecular weight excluding hydrogens is 220 g/mol. The third-order valence-corrected chi connectivity index (χ3v) is 2.49. The second-order valence-corrected chi connectivity index (χ2v) is 3.82. The van der Waals surface area contributed by atoms with Crippen LogP contribution in [-0.2, 0) is 13.1 Å². The van der Waals surface area contributed by atoms with Gasteiger partial charge in [-0.25, -0.2) is 8.78 Å². The third kappa shape index (κ3) is 3.36. The Morgan fingerprint density at radius 3 is 2.47 bits per heavy atom. The Kier molecular flexibility index (Phi) is 3.83. The highest BCUT2D eigenvalue weighted by Gasteiger charge is 2.00. The molecule has 0 aliphatic rings. The predicted octanol–water partition coefficient (Wildman–Crippen LogP) is 3.25. The molecule has 0 bridgehead atoms. The van der Waals surface area contributed by atoms with Gasteiger partial charge < -0.3 is 5.32 Å². The average Bonchev–Trinajstić information content (AvgIpc) is 2.32. The topological polar surface area (TPSA) is 12.0 Å². The van der Waals surface area contributed by atoms with E-state index >= 15 is 0 Å². The lowest BCUT2D eigenvalue weighted by Gasteiger charge is -2.06. The highest BCUT2D eigenvalue weighted by atomic mass is 19.1. The van der Waals surface area contributed by atoms with Gasteiger partial charge in [0.25, 0.3) is 0 Å². The molecule has 0 amide bonds. The van der Waals surface area contributed by atoms with Crippen molar-refractivity contribution in [2.75, 3.05) is 0 Å². The first-order chi connectivity index (χ1) is 8.25. The van der Waals surface area contributed by atoms with Gasteiger partial charge in [0.15, 0.2) is 0 Å². The van der Waals surface area contributed by atoms with E-state index in [1.807, 2.05) is 6.07 Å². The molecule has 2 aromatic carbocycles. The van der Waals surface area contributed by atoms with Crippen molar-refractivity contribution < 1.29 is 8.78 Å². The number of benzene rings is 2. The van der Waals surface area contributed by atoms with E-state index in [2.05, 4.69) is 5.32 Å². The predicted molar refractivity (Wildman–Crippen MR) is 63.3 cm³/mol. The maximum atomic E-state index is 13.3. The molecule has 1 nitrogen and oxygen atoms in total. The monoisotopic (exact) mass is 233 g/mol. The minimum atomic E-state index is -0.254. The molecular formula is C14H13F2N.